The molecule has 0 amide bonds. The molecule has 0 aliphatic rings. The van der Waals surface area contributed by atoms with Crippen LogP contribution in [0.25, 0.3) is 0 Å². The molecule has 0 aromatic carbocycles. The second-order valence-corrected chi connectivity index (χ2v) is 9.21. The van der Waals surface area contributed by atoms with E-state index >= 15 is 0 Å². The number of hydrogen-bond donors (Lipinski definition) is 0. The second kappa shape index (κ2) is 28.1. The molecule has 0 spiro atoms. The summed E-state index contributed by atoms with van der Waals surface area (Å²) >= 11 is 0. The minimum absolute atomic E-state index is 1.03. The Kier molecular flexibility index (Phi) is 31.4. The van der Waals surface area contributed by atoms with Gasteiger partial charge in [-0.25, -0.2) is 0 Å². The summed E-state index contributed by atoms with van der Waals surface area (Å²) in [5, 5.41) is 0. The van der Waals surface area contributed by atoms with Gasteiger partial charge in [0.25, 0.3) is 0 Å². The molecule has 0 rings (SSSR count). The summed E-state index contributed by atoms with van der Waals surface area (Å²) in [6.07, 6.45) is 28.4. The maximum absolute atomic E-state index is 2.86. The summed E-state index contributed by atoms with van der Waals surface area (Å²) in [4.78, 5) is 0. The molecule has 0 aliphatic heterocycles. The summed E-state index contributed by atoms with van der Waals surface area (Å²) in [5.74, 6) is 1.03. The Morgan fingerprint density at radius 1 is 0.423 bits per heavy atom. The predicted molar refractivity (Wildman–Crippen MR) is 133 cm³/mol. The minimum atomic E-state index is 1.03. The van der Waals surface area contributed by atoms with Crippen LogP contribution in [0.2, 0.25) is 0 Å². The Balaban J connectivity index is 0. The fourth-order valence-corrected chi connectivity index (χ4v) is 3.99. The van der Waals surface area contributed by atoms with E-state index in [9.17, 15) is 0 Å². The topological polar surface area (TPSA) is 0 Å². The third-order valence-electron chi connectivity index (χ3n) is 5.31. The molecule has 0 aliphatic carbocycles. The molecule has 0 heterocycles. The second-order valence-electron chi connectivity index (χ2n) is 8.05. The number of unbranched alkanes of at least 4 members (excludes halogenated alkanes) is 11. The zero-order valence-electron chi connectivity index (χ0n) is 18.9. The molecule has 26 heavy (non-hydrogen) atoms. The SMILES string of the molecule is CCCCCCC(CCCC)CCCP.CCCCCCCCCCP. The van der Waals surface area contributed by atoms with Crippen molar-refractivity contribution in [1.82, 2.24) is 0 Å². The molecule has 0 saturated carbocycles. The molecule has 3 atom stereocenters. The third kappa shape index (κ3) is 27.1. The molecule has 0 radical (unpaired) electrons. The van der Waals surface area contributed by atoms with Crippen molar-refractivity contribution in [2.24, 2.45) is 5.92 Å². The van der Waals surface area contributed by atoms with Crippen LogP contribution in [0.4, 0.5) is 0 Å². The van der Waals surface area contributed by atoms with Gasteiger partial charge in [-0.05, 0) is 31.1 Å². The van der Waals surface area contributed by atoms with E-state index in [2.05, 4.69) is 39.3 Å². The molecule has 2 heteroatoms. The van der Waals surface area contributed by atoms with Gasteiger partial charge in [-0.3, -0.25) is 0 Å². The summed E-state index contributed by atoms with van der Waals surface area (Å²) in [7, 11) is 5.65. The van der Waals surface area contributed by atoms with Gasteiger partial charge >= 0.3 is 0 Å². The molecule has 0 nitrogen and oxygen atoms in total. The molecule has 0 saturated heterocycles. The fraction of sp³-hybridized carbons (Fsp3) is 1.00. The van der Waals surface area contributed by atoms with E-state index in [-0.39, 0.29) is 0 Å². The van der Waals surface area contributed by atoms with E-state index in [0.717, 1.165) is 5.92 Å². The zero-order chi connectivity index (χ0) is 19.7. The molecule has 160 valence electrons. The summed E-state index contributed by atoms with van der Waals surface area (Å²) in [6.45, 7) is 6.88. The highest BCUT2D eigenvalue weighted by Crippen LogP contribution is 2.22. The van der Waals surface area contributed by atoms with Crippen LogP contribution < -0.4 is 0 Å². The average molecular weight is 405 g/mol. The van der Waals surface area contributed by atoms with E-state index < -0.39 is 0 Å². The zero-order valence-corrected chi connectivity index (χ0v) is 21.2. The molecular weight excluding hydrogens is 350 g/mol. The lowest BCUT2D eigenvalue weighted by Crippen LogP contribution is -2.01. The number of rotatable bonds is 19. The normalized spacial score (nSPS) is 11.9. The third-order valence-corrected chi connectivity index (χ3v) is 6.12. The Morgan fingerprint density at radius 2 is 0.808 bits per heavy atom. The molecule has 0 fully saturated rings. The van der Waals surface area contributed by atoms with E-state index in [0.29, 0.717) is 0 Å². The molecule has 0 aromatic heterocycles. The van der Waals surface area contributed by atoms with E-state index in [4.69, 9.17) is 0 Å². The summed E-state index contributed by atoms with van der Waals surface area (Å²) in [6, 6.07) is 0. The first kappa shape index (κ1) is 29.1. The van der Waals surface area contributed by atoms with Crippen LogP contribution in [0.1, 0.15) is 136 Å². The lowest BCUT2D eigenvalue weighted by molar-refractivity contribution is 0.385. The van der Waals surface area contributed by atoms with Gasteiger partial charge in [0.1, 0.15) is 0 Å². The highest BCUT2D eigenvalue weighted by molar-refractivity contribution is 7.16. The van der Waals surface area contributed by atoms with Gasteiger partial charge in [0, 0.05) is 0 Å². The van der Waals surface area contributed by atoms with Crippen molar-refractivity contribution < 1.29 is 0 Å². The van der Waals surface area contributed by atoms with Gasteiger partial charge < -0.3 is 0 Å². The van der Waals surface area contributed by atoms with Crippen molar-refractivity contribution in [1.29, 1.82) is 0 Å². The van der Waals surface area contributed by atoms with Crippen LogP contribution in [-0.2, 0) is 0 Å². The van der Waals surface area contributed by atoms with E-state index in [1.54, 1.807) is 0 Å². The van der Waals surface area contributed by atoms with Crippen molar-refractivity contribution in [2.45, 2.75) is 136 Å². The van der Waals surface area contributed by atoms with Crippen molar-refractivity contribution in [3.8, 4) is 0 Å². The van der Waals surface area contributed by atoms with Gasteiger partial charge in [-0.15, -0.1) is 18.5 Å². The predicted octanol–water partition coefficient (Wildman–Crippen LogP) is 9.42. The van der Waals surface area contributed by atoms with Crippen LogP contribution in [0, 0.1) is 5.92 Å². The minimum Gasteiger partial charge on any atom is -0.138 e. The van der Waals surface area contributed by atoms with Gasteiger partial charge in [-0.2, -0.15) is 0 Å². The highest BCUT2D eigenvalue weighted by atomic mass is 31.0. The Labute approximate surface area is 173 Å². The Morgan fingerprint density at radius 3 is 1.31 bits per heavy atom. The van der Waals surface area contributed by atoms with Crippen LogP contribution in [0.15, 0.2) is 0 Å². The first-order valence-electron chi connectivity index (χ1n) is 12.2. The maximum Gasteiger partial charge on any atom is -0.0381 e. The molecular formula is C24H54P2. The van der Waals surface area contributed by atoms with Gasteiger partial charge in [0.15, 0.2) is 0 Å². The van der Waals surface area contributed by atoms with Crippen LogP contribution in [0.5, 0.6) is 0 Å². The largest absolute Gasteiger partial charge is 0.138 e. The maximum atomic E-state index is 2.86. The van der Waals surface area contributed by atoms with E-state index in [1.807, 2.05) is 0 Å². The molecule has 0 bridgehead atoms. The molecule has 0 N–H and O–H groups in total. The quantitative estimate of drug-likeness (QED) is 0.148. The van der Waals surface area contributed by atoms with Gasteiger partial charge in [-0.1, -0.05) is 124 Å². The highest BCUT2D eigenvalue weighted by Gasteiger charge is 2.07. The number of hydrogen-bond acceptors (Lipinski definition) is 0. The monoisotopic (exact) mass is 404 g/mol. The van der Waals surface area contributed by atoms with Crippen molar-refractivity contribution in [3.05, 3.63) is 0 Å². The first-order valence-corrected chi connectivity index (χ1v) is 13.8. The lowest BCUT2D eigenvalue weighted by atomic mass is 9.91. The van der Waals surface area contributed by atoms with E-state index in [1.165, 1.54) is 128 Å². The molecule has 0 aromatic rings. The molecule has 3 unspecified atom stereocenters. The van der Waals surface area contributed by atoms with Crippen LogP contribution in [-0.4, -0.2) is 12.3 Å². The smallest absolute Gasteiger partial charge is 0.0381 e. The standard InChI is InChI=1S/C14H31P.C10H23P/c1-3-5-7-8-11-14(10-6-4-2)12-9-13-15;1-2-3-4-5-6-7-8-9-10-11/h14H,3-13,15H2,1-2H3;2-11H2,1H3. The van der Waals surface area contributed by atoms with Crippen LogP contribution >= 0.6 is 18.5 Å². The van der Waals surface area contributed by atoms with Crippen molar-refractivity contribution in [3.63, 3.8) is 0 Å². The summed E-state index contributed by atoms with van der Waals surface area (Å²) < 4.78 is 0. The van der Waals surface area contributed by atoms with Gasteiger partial charge in [0.2, 0.25) is 0 Å². The summed E-state index contributed by atoms with van der Waals surface area (Å²) in [5.41, 5.74) is 0. The van der Waals surface area contributed by atoms with Crippen molar-refractivity contribution in [2.75, 3.05) is 12.3 Å². The average Bonchev–Trinajstić information content (AvgIpc) is 2.66. The first-order chi connectivity index (χ1) is 12.8. The van der Waals surface area contributed by atoms with Gasteiger partial charge in [0.05, 0.1) is 0 Å². The fourth-order valence-electron chi connectivity index (χ4n) is 3.47. The van der Waals surface area contributed by atoms with Crippen LogP contribution in [0.3, 0.4) is 0 Å². The lowest BCUT2D eigenvalue weighted by Gasteiger charge is -2.15. The Hall–Kier alpha value is 0.860. The Bertz CT molecular complexity index is 202. The van der Waals surface area contributed by atoms with Crippen molar-refractivity contribution >= 4 is 18.5 Å².